The summed E-state index contributed by atoms with van der Waals surface area (Å²) in [7, 11) is 1.73. The van der Waals surface area contributed by atoms with Crippen LogP contribution in [-0.2, 0) is 16.5 Å². The molecule has 7 rings (SSSR count). The topological polar surface area (TPSA) is 83.6 Å². The number of nitrogens with zero attached hydrogens (tertiary/aromatic N) is 5. The van der Waals surface area contributed by atoms with Gasteiger partial charge in [-0.25, -0.2) is 9.36 Å². The molecule has 0 amide bonds. The van der Waals surface area contributed by atoms with Gasteiger partial charge in [0.25, 0.3) is 5.56 Å². The summed E-state index contributed by atoms with van der Waals surface area (Å²) in [6, 6.07) is 8.31. The smallest absolute Gasteiger partial charge is 0.290 e. The summed E-state index contributed by atoms with van der Waals surface area (Å²) >= 11 is 0. The maximum Gasteiger partial charge on any atom is 0.290 e. The van der Waals surface area contributed by atoms with Gasteiger partial charge < -0.3 is 19.1 Å². The molecular weight excluding hydrogens is 482 g/mol. The molecule has 0 spiro atoms. The lowest BCUT2D eigenvalue weighted by Crippen LogP contribution is -2.38. The first-order valence-corrected chi connectivity index (χ1v) is 14.0. The molecule has 3 saturated heterocycles. The second kappa shape index (κ2) is 8.55. The zero-order valence-electron chi connectivity index (χ0n) is 22.8. The van der Waals surface area contributed by atoms with Crippen LogP contribution in [0.1, 0.15) is 59.1 Å². The first-order valence-electron chi connectivity index (χ1n) is 14.0. The molecule has 3 aliphatic heterocycles. The molecule has 9 heteroatoms. The highest BCUT2D eigenvalue weighted by Gasteiger charge is 2.50. The molecule has 1 unspecified atom stereocenters. The lowest BCUT2D eigenvalue weighted by Gasteiger charge is -2.25. The van der Waals surface area contributed by atoms with E-state index in [2.05, 4.69) is 37.8 Å². The molecule has 0 N–H and O–H groups in total. The SMILES string of the molecule is Cn1nc(-c2nn(C3CCCCO3)c3ccc(OC4(C)CC4)cc23)cc(N2CC(C)(C)[C@H]3COC[C@H]32)c1=O. The van der Waals surface area contributed by atoms with Crippen molar-refractivity contribution in [3.8, 4) is 17.1 Å². The van der Waals surface area contributed by atoms with Crippen molar-refractivity contribution in [2.24, 2.45) is 18.4 Å². The summed E-state index contributed by atoms with van der Waals surface area (Å²) in [5.74, 6) is 1.23. The molecule has 3 aromatic rings. The van der Waals surface area contributed by atoms with Gasteiger partial charge in [0.15, 0.2) is 6.23 Å². The second-order valence-electron chi connectivity index (χ2n) is 12.5. The van der Waals surface area contributed by atoms with Gasteiger partial charge in [-0.2, -0.15) is 10.2 Å². The van der Waals surface area contributed by atoms with E-state index in [4.69, 9.17) is 24.4 Å². The molecule has 0 radical (unpaired) electrons. The quantitative estimate of drug-likeness (QED) is 0.497. The van der Waals surface area contributed by atoms with Crippen LogP contribution < -0.4 is 15.2 Å². The van der Waals surface area contributed by atoms with Gasteiger partial charge in [-0.05, 0) is 68.7 Å². The number of anilines is 1. The fourth-order valence-electron chi connectivity index (χ4n) is 6.52. The van der Waals surface area contributed by atoms with Gasteiger partial charge in [0, 0.05) is 31.5 Å². The van der Waals surface area contributed by atoms with Crippen LogP contribution in [0.3, 0.4) is 0 Å². The monoisotopic (exact) mass is 519 g/mol. The Morgan fingerprint density at radius 1 is 1.08 bits per heavy atom. The van der Waals surface area contributed by atoms with E-state index in [-0.39, 0.29) is 28.8 Å². The van der Waals surface area contributed by atoms with Crippen molar-refractivity contribution in [3.63, 3.8) is 0 Å². The normalized spacial score (nSPS) is 27.6. The van der Waals surface area contributed by atoms with Gasteiger partial charge in [-0.15, -0.1) is 0 Å². The lowest BCUT2D eigenvalue weighted by molar-refractivity contribution is -0.0365. The van der Waals surface area contributed by atoms with Crippen molar-refractivity contribution in [3.05, 3.63) is 34.6 Å². The first-order chi connectivity index (χ1) is 18.2. The third kappa shape index (κ3) is 3.93. The predicted molar refractivity (Wildman–Crippen MR) is 145 cm³/mol. The molecule has 9 nitrogen and oxygen atoms in total. The largest absolute Gasteiger partial charge is 0.488 e. The Morgan fingerprint density at radius 2 is 1.92 bits per heavy atom. The highest BCUT2D eigenvalue weighted by Crippen LogP contribution is 2.45. The Bertz CT molecular complexity index is 1450. The molecule has 38 heavy (non-hydrogen) atoms. The molecule has 1 aromatic carbocycles. The van der Waals surface area contributed by atoms with E-state index in [9.17, 15) is 4.79 Å². The predicted octanol–water partition coefficient (Wildman–Crippen LogP) is 4.29. The Hall–Kier alpha value is -2.91. The number of hydrogen-bond acceptors (Lipinski definition) is 7. The standard InChI is InChI=1S/C29H37N5O4/c1-28(2)17-33(24-16-36-15-20(24)28)23-14-21(30-32(4)27(23)35)26-19-13-18(38-29(3)10-11-29)8-9-22(19)34(31-26)25-7-5-6-12-37-25/h8-9,13-14,20,24-25H,5-7,10-12,15-17H2,1-4H3/t20-,24+,25?/m0/s1. The summed E-state index contributed by atoms with van der Waals surface area (Å²) in [6.45, 7) is 9.62. The first kappa shape index (κ1) is 24.2. The van der Waals surface area contributed by atoms with Crippen LogP contribution in [-0.4, -0.2) is 57.6 Å². The third-order valence-electron chi connectivity index (χ3n) is 9.05. The van der Waals surface area contributed by atoms with E-state index >= 15 is 0 Å². The number of aryl methyl sites for hydroxylation is 1. The minimum absolute atomic E-state index is 0.0629. The van der Waals surface area contributed by atoms with Crippen LogP contribution in [0.25, 0.3) is 22.3 Å². The average Bonchev–Trinajstić information content (AvgIpc) is 3.24. The molecular formula is C29H37N5O4. The minimum Gasteiger partial charge on any atom is -0.488 e. The van der Waals surface area contributed by atoms with Crippen molar-refractivity contribution in [1.29, 1.82) is 0 Å². The van der Waals surface area contributed by atoms with E-state index in [0.29, 0.717) is 23.9 Å². The molecule has 2 aromatic heterocycles. The second-order valence-corrected chi connectivity index (χ2v) is 12.5. The van der Waals surface area contributed by atoms with Crippen molar-refractivity contribution in [2.45, 2.75) is 70.7 Å². The van der Waals surface area contributed by atoms with Gasteiger partial charge in [0.1, 0.15) is 28.4 Å². The Balaban J connectivity index is 1.36. The number of ether oxygens (including phenoxy) is 3. The van der Waals surface area contributed by atoms with Crippen molar-refractivity contribution in [2.75, 3.05) is 31.3 Å². The summed E-state index contributed by atoms with van der Waals surface area (Å²) < 4.78 is 21.8. The Morgan fingerprint density at radius 3 is 2.68 bits per heavy atom. The lowest BCUT2D eigenvalue weighted by atomic mass is 9.80. The van der Waals surface area contributed by atoms with Crippen LogP contribution in [0, 0.1) is 11.3 Å². The number of rotatable bonds is 5. The fourth-order valence-corrected chi connectivity index (χ4v) is 6.52. The highest BCUT2D eigenvalue weighted by molar-refractivity contribution is 5.94. The van der Waals surface area contributed by atoms with Crippen LogP contribution >= 0.6 is 0 Å². The molecule has 4 fully saturated rings. The maximum atomic E-state index is 13.4. The summed E-state index contributed by atoms with van der Waals surface area (Å²) in [4.78, 5) is 15.7. The molecule has 1 saturated carbocycles. The Labute approximate surface area is 222 Å². The summed E-state index contributed by atoms with van der Waals surface area (Å²) in [6.07, 6.45) is 5.12. The van der Waals surface area contributed by atoms with Gasteiger partial charge in [0.2, 0.25) is 0 Å². The maximum absolute atomic E-state index is 13.4. The van der Waals surface area contributed by atoms with Gasteiger partial charge in [0.05, 0.1) is 24.8 Å². The summed E-state index contributed by atoms with van der Waals surface area (Å²) in [5, 5.41) is 10.8. The van der Waals surface area contributed by atoms with E-state index in [1.54, 1.807) is 7.05 Å². The van der Waals surface area contributed by atoms with Crippen LogP contribution in [0.2, 0.25) is 0 Å². The van der Waals surface area contributed by atoms with Crippen LogP contribution in [0.4, 0.5) is 5.69 Å². The molecule has 202 valence electrons. The molecule has 4 aliphatic rings. The van der Waals surface area contributed by atoms with Gasteiger partial charge >= 0.3 is 0 Å². The minimum atomic E-state index is -0.115. The number of fused-ring (bicyclic) bond motifs is 2. The molecule has 3 atom stereocenters. The number of aromatic nitrogens is 4. The average molecular weight is 520 g/mol. The van der Waals surface area contributed by atoms with E-state index in [0.717, 1.165) is 74.2 Å². The number of hydrogen-bond donors (Lipinski definition) is 0. The Kier molecular flexibility index (Phi) is 5.43. The highest BCUT2D eigenvalue weighted by atomic mass is 16.5. The fraction of sp³-hybridized carbons (Fsp3) is 0.621. The van der Waals surface area contributed by atoms with Gasteiger partial charge in [-0.3, -0.25) is 4.79 Å². The zero-order chi connectivity index (χ0) is 26.2. The number of benzene rings is 1. The molecule has 5 heterocycles. The van der Waals surface area contributed by atoms with E-state index < -0.39 is 0 Å². The third-order valence-corrected chi connectivity index (χ3v) is 9.05. The summed E-state index contributed by atoms with van der Waals surface area (Å²) in [5.41, 5.74) is 2.96. The molecule has 0 bridgehead atoms. The van der Waals surface area contributed by atoms with Crippen molar-refractivity contribution in [1.82, 2.24) is 19.6 Å². The van der Waals surface area contributed by atoms with Crippen LogP contribution in [0.5, 0.6) is 5.75 Å². The zero-order valence-corrected chi connectivity index (χ0v) is 22.8. The van der Waals surface area contributed by atoms with Crippen molar-refractivity contribution < 1.29 is 14.2 Å². The van der Waals surface area contributed by atoms with E-state index in [1.807, 2.05) is 16.8 Å². The molecule has 1 aliphatic carbocycles. The van der Waals surface area contributed by atoms with E-state index in [1.165, 1.54) is 4.68 Å². The van der Waals surface area contributed by atoms with Crippen LogP contribution in [0.15, 0.2) is 29.1 Å². The van der Waals surface area contributed by atoms with Crippen molar-refractivity contribution >= 4 is 16.6 Å². The van der Waals surface area contributed by atoms with Gasteiger partial charge in [-0.1, -0.05) is 13.8 Å².